The number of aromatic nitrogens is 3. The Morgan fingerprint density at radius 1 is 0.857 bits per heavy atom. The average molecular weight is 291 g/mol. The number of carbonyl (C=O) groups excluding carboxylic acids is 2. The molecule has 2 fully saturated rings. The number of hydrogen-bond donors (Lipinski definition) is 2. The van der Waals surface area contributed by atoms with Gasteiger partial charge in [-0.3, -0.25) is 14.9 Å². The van der Waals surface area contributed by atoms with Crippen LogP contribution in [-0.2, 0) is 9.59 Å². The van der Waals surface area contributed by atoms with Crippen molar-refractivity contribution in [2.75, 3.05) is 41.7 Å². The largest absolute Gasteiger partial charge is 0.368 e. The lowest BCUT2D eigenvalue weighted by Crippen LogP contribution is -2.52. The van der Waals surface area contributed by atoms with E-state index in [0.29, 0.717) is 5.95 Å². The quantitative estimate of drug-likeness (QED) is 0.660. The van der Waals surface area contributed by atoms with Crippen molar-refractivity contribution in [2.24, 2.45) is 0 Å². The van der Waals surface area contributed by atoms with Crippen molar-refractivity contribution in [3.05, 3.63) is 0 Å². The van der Waals surface area contributed by atoms with E-state index in [1.165, 1.54) is 11.3 Å². The van der Waals surface area contributed by atoms with Gasteiger partial charge in [0.05, 0.1) is 0 Å². The first kappa shape index (κ1) is 13.5. The number of hydrogen-bond acceptors (Lipinski definition) is 8. The van der Waals surface area contributed by atoms with Crippen LogP contribution in [-0.4, -0.2) is 52.9 Å². The highest BCUT2D eigenvalue weighted by molar-refractivity contribution is 6.02. The Hall–Kier alpha value is -2.45. The molecule has 0 aromatic carbocycles. The maximum absolute atomic E-state index is 11.4. The van der Waals surface area contributed by atoms with E-state index in [9.17, 15) is 9.59 Å². The summed E-state index contributed by atoms with van der Waals surface area (Å²) in [7, 11) is 0. The molecule has 0 spiro atoms. The van der Waals surface area contributed by atoms with E-state index in [4.69, 9.17) is 5.73 Å². The van der Waals surface area contributed by atoms with Crippen LogP contribution < -0.4 is 20.9 Å². The van der Waals surface area contributed by atoms with Gasteiger partial charge >= 0.3 is 0 Å². The van der Waals surface area contributed by atoms with Gasteiger partial charge in [0.2, 0.25) is 29.7 Å². The Bertz CT molecular complexity index is 555. The number of nitrogens with two attached hydrogens (primary N) is 1. The summed E-state index contributed by atoms with van der Waals surface area (Å²) in [4.78, 5) is 39.0. The van der Waals surface area contributed by atoms with E-state index in [1.807, 2.05) is 0 Å². The van der Waals surface area contributed by atoms with Gasteiger partial charge in [-0.05, 0) is 19.3 Å². The molecule has 2 amide bonds. The topological polar surface area (TPSA) is 117 Å². The Balaban J connectivity index is 1.86. The third-order valence-corrected chi connectivity index (χ3v) is 3.50. The van der Waals surface area contributed by atoms with E-state index in [2.05, 4.69) is 25.2 Å². The fraction of sp³-hybridized carbons (Fsp3) is 0.583. The lowest BCUT2D eigenvalue weighted by Gasteiger charge is -2.29. The molecule has 0 saturated carbocycles. The van der Waals surface area contributed by atoms with Crippen LogP contribution in [0.15, 0.2) is 0 Å². The second-order valence-electron chi connectivity index (χ2n) is 5.17. The molecule has 0 unspecified atom stereocenters. The SMILES string of the molecule is Nc1nc(N2CCCCC2)nc(N2CC(=O)NC(=O)C2)n1. The smallest absolute Gasteiger partial charge is 0.246 e. The summed E-state index contributed by atoms with van der Waals surface area (Å²) in [5.74, 6) is 0.135. The summed E-state index contributed by atoms with van der Waals surface area (Å²) in [5, 5.41) is 2.24. The van der Waals surface area contributed by atoms with E-state index in [-0.39, 0.29) is 36.8 Å². The van der Waals surface area contributed by atoms with Gasteiger partial charge < -0.3 is 15.5 Å². The number of nitrogen functional groups attached to an aromatic ring is 1. The predicted octanol–water partition coefficient (Wildman–Crippen LogP) is -1.09. The molecular weight excluding hydrogens is 274 g/mol. The number of nitrogens with one attached hydrogen (secondary N) is 1. The lowest BCUT2D eigenvalue weighted by atomic mass is 10.1. The summed E-state index contributed by atoms with van der Waals surface area (Å²) >= 11 is 0. The lowest BCUT2D eigenvalue weighted by molar-refractivity contribution is -0.130. The number of rotatable bonds is 2. The van der Waals surface area contributed by atoms with Crippen molar-refractivity contribution >= 4 is 29.7 Å². The molecule has 1 aromatic heterocycles. The van der Waals surface area contributed by atoms with E-state index in [0.717, 1.165) is 25.9 Å². The number of imide groups is 1. The highest BCUT2D eigenvalue weighted by Gasteiger charge is 2.26. The summed E-state index contributed by atoms with van der Waals surface area (Å²) in [6.07, 6.45) is 3.38. The molecule has 0 radical (unpaired) electrons. The van der Waals surface area contributed by atoms with Crippen molar-refractivity contribution in [3.8, 4) is 0 Å². The van der Waals surface area contributed by atoms with Gasteiger partial charge in [-0.15, -0.1) is 0 Å². The average Bonchev–Trinajstić information content (AvgIpc) is 2.46. The first-order valence-electron chi connectivity index (χ1n) is 6.96. The van der Waals surface area contributed by atoms with Crippen LogP contribution in [0.25, 0.3) is 0 Å². The zero-order valence-corrected chi connectivity index (χ0v) is 11.6. The molecule has 3 heterocycles. The number of piperidine rings is 1. The number of carbonyl (C=O) groups is 2. The standard InChI is InChI=1S/C12H17N7O2/c13-10-15-11(18-4-2-1-3-5-18)17-12(16-10)19-6-8(20)14-9(21)7-19/h1-7H2,(H,14,20,21)(H2,13,15,16,17). The Labute approximate surface area is 121 Å². The maximum atomic E-state index is 11.4. The van der Waals surface area contributed by atoms with Gasteiger partial charge in [0.25, 0.3) is 0 Å². The maximum Gasteiger partial charge on any atom is 0.246 e. The number of amides is 2. The van der Waals surface area contributed by atoms with E-state index in [1.54, 1.807) is 0 Å². The van der Waals surface area contributed by atoms with Crippen LogP contribution >= 0.6 is 0 Å². The zero-order valence-electron chi connectivity index (χ0n) is 11.6. The van der Waals surface area contributed by atoms with Crippen molar-refractivity contribution in [3.63, 3.8) is 0 Å². The molecule has 9 nitrogen and oxygen atoms in total. The molecular formula is C12H17N7O2. The third-order valence-electron chi connectivity index (χ3n) is 3.50. The molecule has 2 aliphatic rings. The van der Waals surface area contributed by atoms with E-state index >= 15 is 0 Å². The van der Waals surface area contributed by atoms with Gasteiger partial charge in [-0.25, -0.2) is 0 Å². The van der Waals surface area contributed by atoms with Crippen LogP contribution in [0.4, 0.5) is 17.8 Å². The minimum atomic E-state index is -0.371. The number of nitrogens with zero attached hydrogens (tertiary/aromatic N) is 5. The summed E-state index contributed by atoms with van der Waals surface area (Å²) in [5.41, 5.74) is 5.74. The number of piperazine rings is 1. The molecule has 1 aromatic rings. The predicted molar refractivity (Wildman–Crippen MR) is 75.7 cm³/mol. The first-order valence-corrected chi connectivity index (χ1v) is 6.96. The Kier molecular flexibility index (Phi) is 3.55. The molecule has 2 aliphatic heterocycles. The fourth-order valence-electron chi connectivity index (χ4n) is 2.52. The highest BCUT2D eigenvalue weighted by Crippen LogP contribution is 2.19. The van der Waals surface area contributed by atoms with Gasteiger partial charge in [-0.1, -0.05) is 0 Å². The highest BCUT2D eigenvalue weighted by atomic mass is 16.2. The Morgan fingerprint density at radius 3 is 2.05 bits per heavy atom. The van der Waals surface area contributed by atoms with Crippen LogP contribution in [0.2, 0.25) is 0 Å². The zero-order chi connectivity index (χ0) is 14.8. The molecule has 2 saturated heterocycles. The minimum Gasteiger partial charge on any atom is -0.368 e. The molecule has 21 heavy (non-hydrogen) atoms. The normalized spacial score (nSPS) is 19.6. The van der Waals surface area contributed by atoms with Crippen LogP contribution in [0, 0.1) is 0 Å². The molecule has 3 N–H and O–H groups in total. The van der Waals surface area contributed by atoms with E-state index < -0.39 is 0 Å². The Morgan fingerprint density at radius 2 is 1.43 bits per heavy atom. The first-order chi connectivity index (χ1) is 10.1. The second-order valence-corrected chi connectivity index (χ2v) is 5.17. The monoisotopic (exact) mass is 291 g/mol. The molecule has 112 valence electrons. The molecule has 3 rings (SSSR count). The third kappa shape index (κ3) is 3.01. The summed E-state index contributed by atoms with van der Waals surface area (Å²) in [6, 6.07) is 0. The molecule has 0 bridgehead atoms. The second kappa shape index (κ2) is 5.51. The van der Waals surface area contributed by atoms with Crippen LogP contribution in [0.1, 0.15) is 19.3 Å². The van der Waals surface area contributed by atoms with Gasteiger partial charge in [0.15, 0.2) is 0 Å². The molecule has 9 heteroatoms. The van der Waals surface area contributed by atoms with Crippen molar-refractivity contribution < 1.29 is 9.59 Å². The summed E-state index contributed by atoms with van der Waals surface area (Å²) < 4.78 is 0. The van der Waals surface area contributed by atoms with Gasteiger partial charge in [0, 0.05) is 13.1 Å². The number of anilines is 3. The molecule has 0 atom stereocenters. The van der Waals surface area contributed by atoms with Crippen LogP contribution in [0.3, 0.4) is 0 Å². The summed E-state index contributed by atoms with van der Waals surface area (Å²) in [6.45, 7) is 1.83. The van der Waals surface area contributed by atoms with Gasteiger partial charge in [0.1, 0.15) is 13.1 Å². The van der Waals surface area contributed by atoms with Crippen molar-refractivity contribution in [1.29, 1.82) is 0 Å². The molecule has 0 aliphatic carbocycles. The minimum absolute atomic E-state index is 0.0363. The van der Waals surface area contributed by atoms with Crippen molar-refractivity contribution in [1.82, 2.24) is 20.3 Å². The fourth-order valence-corrected chi connectivity index (χ4v) is 2.52. The van der Waals surface area contributed by atoms with Gasteiger partial charge in [-0.2, -0.15) is 15.0 Å². The van der Waals surface area contributed by atoms with Crippen molar-refractivity contribution in [2.45, 2.75) is 19.3 Å². The van der Waals surface area contributed by atoms with Crippen LogP contribution in [0.5, 0.6) is 0 Å².